The van der Waals surface area contributed by atoms with E-state index in [1.54, 1.807) is 16.2 Å². The first-order valence-electron chi connectivity index (χ1n) is 7.92. The number of likely N-dealkylation sites (tertiary alicyclic amines) is 1. The SMILES string of the molecule is O=C(CCC(=O)N1CCC[C@@H]1CO)N1CCc2sccc2C1. The van der Waals surface area contributed by atoms with Crippen LogP contribution in [0.2, 0.25) is 0 Å². The maximum Gasteiger partial charge on any atom is 0.223 e. The smallest absolute Gasteiger partial charge is 0.223 e. The molecule has 2 amide bonds. The van der Waals surface area contributed by atoms with E-state index >= 15 is 0 Å². The summed E-state index contributed by atoms with van der Waals surface area (Å²) < 4.78 is 0. The molecule has 0 bridgehead atoms. The normalized spacial score (nSPS) is 21.0. The molecule has 0 aliphatic carbocycles. The lowest BCUT2D eigenvalue weighted by Crippen LogP contribution is -2.39. The number of amides is 2. The third-order valence-corrected chi connectivity index (χ3v) is 5.64. The van der Waals surface area contributed by atoms with Crippen molar-refractivity contribution >= 4 is 23.2 Å². The summed E-state index contributed by atoms with van der Waals surface area (Å²) in [5.74, 6) is 0.0584. The summed E-state index contributed by atoms with van der Waals surface area (Å²) in [5, 5.41) is 11.3. The molecule has 5 nitrogen and oxygen atoms in total. The van der Waals surface area contributed by atoms with Crippen LogP contribution in [-0.2, 0) is 22.6 Å². The number of fused-ring (bicyclic) bond motifs is 1. The zero-order valence-electron chi connectivity index (χ0n) is 12.7. The van der Waals surface area contributed by atoms with Gasteiger partial charge in [-0.25, -0.2) is 0 Å². The molecule has 0 aromatic carbocycles. The molecular formula is C16H22N2O3S. The van der Waals surface area contributed by atoms with Crippen LogP contribution in [0.25, 0.3) is 0 Å². The van der Waals surface area contributed by atoms with Gasteiger partial charge in [0.2, 0.25) is 11.8 Å². The van der Waals surface area contributed by atoms with Gasteiger partial charge >= 0.3 is 0 Å². The molecule has 1 atom stereocenters. The summed E-state index contributed by atoms with van der Waals surface area (Å²) in [4.78, 5) is 29.5. The number of hydrogen-bond donors (Lipinski definition) is 1. The van der Waals surface area contributed by atoms with Crippen molar-refractivity contribution in [2.75, 3.05) is 19.7 Å². The predicted molar refractivity (Wildman–Crippen MR) is 84.5 cm³/mol. The van der Waals surface area contributed by atoms with Crippen molar-refractivity contribution in [3.8, 4) is 0 Å². The van der Waals surface area contributed by atoms with Gasteiger partial charge in [-0.15, -0.1) is 11.3 Å². The van der Waals surface area contributed by atoms with Crippen molar-refractivity contribution in [1.29, 1.82) is 0 Å². The van der Waals surface area contributed by atoms with Crippen LogP contribution in [0, 0.1) is 0 Å². The van der Waals surface area contributed by atoms with E-state index in [4.69, 9.17) is 0 Å². The number of aliphatic hydroxyl groups excluding tert-OH is 1. The lowest BCUT2D eigenvalue weighted by Gasteiger charge is -2.28. The Bertz CT molecular complexity index is 557. The van der Waals surface area contributed by atoms with Crippen LogP contribution in [0.3, 0.4) is 0 Å². The Morgan fingerprint density at radius 1 is 1.27 bits per heavy atom. The topological polar surface area (TPSA) is 60.9 Å². The van der Waals surface area contributed by atoms with E-state index in [0.29, 0.717) is 13.1 Å². The van der Waals surface area contributed by atoms with Gasteiger partial charge in [0.05, 0.1) is 12.6 Å². The molecule has 1 saturated heterocycles. The van der Waals surface area contributed by atoms with E-state index in [1.165, 1.54) is 10.4 Å². The monoisotopic (exact) mass is 322 g/mol. The lowest BCUT2D eigenvalue weighted by molar-refractivity contribution is -0.138. The summed E-state index contributed by atoms with van der Waals surface area (Å²) >= 11 is 1.75. The van der Waals surface area contributed by atoms with Crippen LogP contribution in [0.4, 0.5) is 0 Å². The molecule has 0 unspecified atom stereocenters. The van der Waals surface area contributed by atoms with Crippen molar-refractivity contribution in [1.82, 2.24) is 9.80 Å². The minimum atomic E-state index is -0.0500. The molecule has 6 heteroatoms. The fraction of sp³-hybridized carbons (Fsp3) is 0.625. The molecule has 22 heavy (non-hydrogen) atoms. The van der Waals surface area contributed by atoms with Crippen LogP contribution in [0.1, 0.15) is 36.1 Å². The van der Waals surface area contributed by atoms with Crippen molar-refractivity contribution < 1.29 is 14.7 Å². The number of carbonyl (C=O) groups is 2. The van der Waals surface area contributed by atoms with Crippen LogP contribution >= 0.6 is 11.3 Å². The second-order valence-corrected chi connectivity index (χ2v) is 7.00. The molecule has 2 aliphatic heterocycles. The summed E-state index contributed by atoms with van der Waals surface area (Å²) in [6.07, 6.45) is 3.25. The molecule has 120 valence electrons. The predicted octanol–water partition coefficient (Wildman–Crippen LogP) is 1.40. The van der Waals surface area contributed by atoms with Crippen LogP contribution in [0.15, 0.2) is 11.4 Å². The minimum absolute atomic E-state index is 0.00173. The highest BCUT2D eigenvalue weighted by Crippen LogP contribution is 2.25. The van der Waals surface area contributed by atoms with Crippen molar-refractivity contribution in [2.45, 2.75) is 44.7 Å². The Kier molecular flexibility index (Phi) is 4.78. The average Bonchev–Trinajstić information content (AvgIpc) is 3.19. The first kappa shape index (κ1) is 15.5. The van der Waals surface area contributed by atoms with Gasteiger partial charge in [0, 0.05) is 37.4 Å². The zero-order chi connectivity index (χ0) is 15.5. The Morgan fingerprint density at radius 3 is 2.91 bits per heavy atom. The maximum atomic E-state index is 12.3. The van der Waals surface area contributed by atoms with Crippen molar-refractivity contribution in [3.05, 3.63) is 21.9 Å². The first-order chi connectivity index (χ1) is 10.7. The second kappa shape index (κ2) is 6.79. The van der Waals surface area contributed by atoms with E-state index in [9.17, 15) is 14.7 Å². The average molecular weight is 322 g/mol. The number of aliphatic hydroxyl groups is 1. The van der Waals surface area contributed by atoms with E-state index in [-0.39, 0.29) is 37.3 Å². The third kappa shape index (κ3) is 3.17. The fourth-order valence-electron chi connectivity index (χ4n) is 3.33. The number of rotatable bonds is 4. The molecule has 1 aromatic rings. The van der Waals surface area contributed by atoms with Gasteiger partial charge < -0.3 is 14.9 Å². The van der Waals surface area contributed by atoms with Crippen LogP contribution in [-0.4, -0.2) is 52.5 Å². The minimum Gasteiger partial charge on any atom is -0.394 e. The zero-order valence-corrected chi connectivity index (χ0v) is 13.5. The first-order valence-corrected chi connectivity index (χ1v) is 8.80. The molecule has 2 aliphatic rings. The fourth-order valence-corrected chi connectivity index (χ4v) is 4.22. The highest BCUT2D eigenvalue weighted by atomic mass is 32.1. The molecule has 0 spiro atoms. The van der Waals surface area contributed by atoms with Gasteiger partial charge in [-0.2, -0.15) is 0 Å². The quantitative estimate of drug-likeness (QED) is 0.911. The van der Waals surface area contributed by atoms with Crippen LogP contribution in [0.5, 0.6) is 0 Å². The molecule has 3 heterocycles. The molecule has 0 radical (unpaired) electrons. The third-order valence-electron chi connectivity index (χ3n) is 4.62. The number of carbonyl (C=O) groups excluding carboxylic acids is 2. The molecule has 3 rings (SSSR count). The highest BCUT2D eigenvalue weighted by molar-refractivity contribution is 7.10. The van der Waals surface area contributed by atoms with E-state index < -0.39 is 0 Å². The molecule has 1 N–H and O–H groups in total. The Hall–Kier alpha value is -1.40. The Labute approximate surface area is 134 Å². The summed E-state index contributed by atoms with van der Waals surface area (Å²) in [6.45, 7) is 2.16. The van der Waals surface area contributed by atoms with Gasteiger partial charge in [-0.3, -0.25) is 9.59 Å². The summed E-state index contributed by atoms with van der Waals surface area (Å²) in [7, 11) is 0. The van der Waals surface area contributed by atoms with Gasteiger partial charge in [0.15, 0.2) is 0 Å². The molecule has 1 aromatic heterocycles. The van der Waals surface area contributed by atoms with Gasteiger partial charge in [-0.05, 0) is 36.3 Å². The Balaban J connectivity index is 1.49. The lowest BCUT2D eigenvalue weighted by atomic mass is 10.1. The number of thiophene rings is 1. The molecule has 0 saturated carbocycles. The largest absolute Gasteiger partial charge is 0.394 e. The van der Waals surface area contributed by atoms with E-state index in [2.05, 4.69) is 11.4 Å². The van der Waals surface area contributed by atoms with Gasteiger partial charge in [-0.1, -0.05) is 0 Å². The summed E-state index contributed by atoms with van der Waals surface area (Å²) in [6, 6.07) is 2.03. The number of nitrogens with zero attached hydrogens (tertiary/aromatic N) is 2. The highest BCUT2D eigenvalue weighted by Gasteiger charge is 2.29. The second-order valence-electron chi connectivity index (χ2n) is 6.00. The standard InChI is InChI=1S/C16H22N2O3S/c19-11-13-2-1-7-18(13)16(21)4-3-15(20)17-8-5-14-12(10-17)6-9-22-14/h6,9,13,19H,1-5,7-8,10-11H2/t13-/m1/s1. The molecule has 1 fully saturated rings. The summed E-state index contributed by atoms with van der Waals surface area (Å²) in [5.41, 5.74) is 1.25. The van der Waals surface area contributed by atoms with E-state index in [0.717, 1.165) is 25.8 Å². The van der Waals surface area contributed by atoms with Gasteiger partial charge in [0.25, 0.3) is 0 Å². The van der Waals surface area contributed by atoms with E-state index in [1.807, 2.05) is 4.90 Å². The maximum absolute atomic E-state index is 12.3. The van der Waals surface area contributed by atoms with Crippen molar-refractivity contribution in [2.24, 2.45) is 0 Å². The van der Waals surface area contributed by atoms with Gasteiger partial charge in [0.1, 0.15) is 0 Å². The van der Waals surface area contributed by atoms with Crippen LogP contribution < -0.4 is 0 Å². The number of hydrogen-bond acceptors (Lipinski definition) is 4. The van der Waals surface area contributed by atoms with Crippen molar-refractivity contribution in [3.63, 3.8) is 0 Å². The Morgan fingerprint density at radius 2 is 2.09 bits per heavy atom. The molecular weight excluding hydrogens is 300 g/mol.